The van der Waals surface area contributed by atoms with E-state index in [1.165, 1.54) is 0 Å². The van der Waals surface area contributed by atoms with Crippen molar-refractivity contribution in [3.8, 4) is 0 Å². The molecule has 0 bridgehead atoms. The molecule has 0 fully saturated rings. The number of carboxylic acids is 1. The van der Waals surface area contributed by atoms with Crippen molar-refractivity contribution in [3.05, 3.63) is 35.4 Å². The van der Waals surface area contributed by atoms with Crippen molar-refractivity contribution < 1.29 is 18.7 Å². The monoisotopic (exact) mass is 229 g/mol. The van der Waals surface area contributed by atoms with Crippen molar-refractivity contribution in [2.24, 2.45) is 0 Å². The second-order valence-corrected chi connectivity index (χ2v) is 3.41. The Morgan fingerprint density at radius 3 is 2.31 bits per heavy atom. The van der Waals surface area contributed by atoms with Gasteiger partial charge in [-0.1, -0.05) is 24.3 Å². The van der Waals surface area contributed by atoms with Gasteiger partial charge in [0.05, 0.1) is 13.0 Å². The summed E-state index contributed by atoms with van der Waals surface area (Å²) in [5.41, 5.74) is 1.56. The van der Waals surface area contributed by atoms with E-state index in [-0.39, 0.29) is 13.0 Å². The minimum absolute atomic E-state index is 0.0231. The van der Waals surface area contributed by atoms with Gasteiger partial charge in [-0.3, -0.25) is 4.79 Å². The highest BCUT2D eigenvalue weighted by Crippen LogP contribution is 2.05. The number of aliphatic carboxylic acids is 1. The van der Waals surface area contributed by atoms with Crippen LogP contribution in [0.25, 0.3) is 0 Å². The Balaban J connectivity index is 2.42. The molecule has 0 aliphatic heterocycles. The summed E-state index contributed by atoms with van der Waals surface area (Å²) < 4.78 is 23.6. The van der Waals surface area contributed by atoms with E-state index in [1.807, 2.05) is 0 Å². The van der Waals surface area contributed by atoms with Crippen molar-refractivity contribution in [1.29, 1.82) is 0 Å². The average Bonchev–Trinajstić information content (AvgIpc) is 2.19. The van der Waals surface area contributed by atoms with E-state index in [9.17, 15) is 13.6 Å². The Labute approximate surface area is 92.1 Å². The van der Waals surface area contributed by atoms with Gasteiger partial charge >= 0.3 is 5.97 Å². The van der Waals surface area contributed by atoms with Crippen molar-refractivity contribution >= 4 is 5.97 Å². The SMILES string of the molecule is O=C(O)Cc1ccc(CNCC(F)F)cc1. The highest BCUT2D eigenvalue weighted by Gasteiger charge is 2.02. The highest BCUT2D eigenvalue weighted by atomic mass is 19.3. The molecule has 88 valence electrons. The van der Waals surface area contributed by atoms with Gasteiger partial charge in [0.2, 0.25) is 0 Å². The standard InChI is InChI=1S/C11H13F2NO2/c12-10(13)7-14-6-9-3-1-8(2-4-9)5-11(15)16/h1-4,10,14H,5-7H2,(H,15,16). The molecule has 0 aliphatic rings. The van der Waals surface area contributed by atoms with Crippen LogP contribution in [0.2, 0.25) is 0 Å². The third-order valence-electron chi connectivity index (χ3n) is 2.01. The number of rotatable bonds is 6. The van der Waals surface area contributed by atoms with E-state index in [0.29, 0.717) is 12.1 Å². The zero-order chi connectivity index (χ0) is 12.0. The van der Waals surface area contributed by atoms with Crippen LogP contribution in [0.5, 0.6) is 0 Å². The van der Waals surface area contributed by atoms with Crippen LogP contribution in [-0.2, 0) is 17.8 Å². The molecule has 5 heteroatoms. The van der Waals surface area contributed by atoms with Crippen LogP contribution >= 0.6 is 0 Å². The molecule has 0 atom stereocenters. The fourth-order valence-electron chi connectivity index (χ4n) is 1.28. The van der Waals surface area contributed by atoms with Crippen LogP contribution in [0.4, 0.5) is 8.78 Å². The summed E-state index contributed by atoms with van der Waals surface area (Å²) in [5.74, 6) is -0.886. The lowest BCUT2D eigenvalue weighted by molar-refractivity contribution is -0.136. The van der Waals surface area contributed by atoms with Crippen molar-refractivity contribution in [2.45, 2.75) is 19.4 Å². The minimum atomic E-state index is -2.36. The van der Waals surface area contributed by atoms with Gasteiger partial charge in [0.25, 0.3) is 6.43 Å². The van der Waals surface area contributed by atoms with Gasteiger partial charge in [-0.15, -0.1) is 0 Å². The smallest absolute Gasteiger partial charge is 0.307 e. The Morgan fingerprint density at radius 2 is 1.81 bits per heavy atom. The van der Waals surface area contributed by atoms with Gasteiger partial charge in [0, 0.05) is 6.54 Å². The van der Waals surface area contributed by atoms with E-state index in [1.54, 1.807) is 24.3 Å². The second kappa shape index (κ2) is 6.17. The summed E-state index contributed by atoms with van der Waals surface area (Å²) in [5, 5.41) is 11.1. The number of carbonyl (C=O) groups is 1. The quantitative estimate of drug-likeness (QED) is 0.780. The molecule has 0 aliphatic carbocycles. The molecular formula is C11H13F2NO2. The molecule has 0 saturated carbocycles. The highest BCUT2D eigenvalue weighted by molar-refractivity contribution is 5.70. The van der Waals surface area contributed by atoms with Gasteiger partial charge < -0.3 is 10.4 Å². The number of carboxylic acid groups (broad SMARTS) is 1. The van der Waals surface area contributed by atoms with Crippen LogP contribution < -0.4 is 5.32 Å². The fourth-order valence-corrected chi connectivity index (χ4v) is 1.28. The summed E-state index contributed by atoms with van der Waals surface area (Å²) in [4.78, 5) is 10.4. The number of hydrogen-bond donors (Lipinski definition) is 2. The normalized spacial score (nSPS) is 10.7. The average molecular weight is 229 g/mol. The summed E-state index contributed by atoms with van der Waals surface area (Å²) >= 11 is 0. The van der Waals surface area contributed by atoms with Gasteiger partial charge in [0.1, 0.15) is 0 Å². The molecule has 2 N–H and O–H groups in total. The van der Waals surface area contributed by atoms with Crippen LogP contribution in [0.3, 0.4) is 0 Å². The van der Waals surface area contributed by atoms with Crippen LogP contribution in [0, 0.1) is 0 Å². The third kappa shape index (κ3) is 4.84. The lowest BCUT2D eigenvalue weighted by atomic mass is 10.1. The summed E-state index contributed by atoms with van der Waals surface area (Å²) in [7, 11) is 0. The summed E-state index contributed by atoms with van der Waals surface area (Å²) in [6.45, 7) is 0.0224. The zero-order valence-electron chi connectivity index (χ0n) is 8.62. The molecule has 0 unspecified atom stereocenters. The first-order valence-corrected chi connectivity index (χ1v) is 4.86. The number of halogens is 2. The maximum absolute atomic E-state index is 11.8. The van der Waals surface area contributed by atoms with Crippen LogP contribution in [0.15, 0.2) is 24.3 Å². The maximum Gasteiger partial charge on any atom is 0.307 e. The summed E-state index contributed by atoms with van der Waals surface area (Å²) in [6, 6.07) is 6.84. The Kier molecular flexibility index (Phi) is 4.85. The molecule has 0 amide bonds. The predicted octanol–water partition coefficient (Wildman–Crippen LogP) is 1.67. The van der Waals surface area contributed by atoms with E-state index in [2.05, 4.69) is 5.32 Å². The first-order valence-electron chi connectivity index (χ1n) is 4.86. The van der Waals surface area contributed by atoms with Gasteiger partial charge in [-0.25, -0.2) is 8.78 Å². The Morgan fingerprint density at radius 1 is 1.25 bits per heavy atom. The molecule has 1 aromatic carbocycles. The number of alkyl halides is 2. The lowest BCUT2D eigenvalue weighted by Crippen LogP contribution is -2.20. The minimum Gasteiger partial charge on any atom is -0.481 e. The zero-order valence-corrected chi connectivity index (χ0v) is 8.62. The van der Waals surface area contributed by atoms with Crippen molar-refractivity contribution in [2.75, 3.05) is 6.54 Å². The van der Waals surface area contributed by atoms with Gasteiger partial charge in [-0.05, 0) is 11.1 Å². The largest absolute Gasteiger partial charge is 0.481 e. The van der Waals surface area contributed by atoms with E-state index >= 15 is 0 Å². The molecule has 0 heterocycles. The first kappa shape index (κ1) is 12.6. The molecule has 0 saturated heterocycles. The molecule has 1 rings (SSSR count). The maximum atomic E-state index is 11.8. The molecular weight excluding hydrogens is 216 g/mol. The second-order valence-electron chi connectivity index (χ2n) is 3.41. The van der Waals surface area contributed by atoms with Gasteiger partial charge in [-0.2, -0.15) is 0 Å². The summed E-state index contributed by atoms with van der Waals surface area (Å²) in [6.07, 6.45) is -2.38. The number of nitrogens with one attached hydrogen (secondary N) is 1. The van der Waals surface area contributed by atoms with E-state index < -0.39 is 12.4 Å². The third-order valence-corrected chi connectivity index (χ3v) is 2.01. The molecule has 1 aromatic rings. The van der Waals surface area contributed by atoms with Crippen molar-refractivity contribution in [3.63, 3.8) is 0 Å². The van der Waals surface area contributed by atoms with E-state index in [0.717, 1.165) is 5.56 Å². The molecule has 0 spiro atoms. The van der Waals surface area contributed by atoms with Crippen molar-refractivity contribution in [1.82, 2.24) is 5.32 Å². The lowest BCUT2D eigenvalue weighted by Gasteiger charge is -2.04. The number of benzene rings is 1. The molecule has 0 radical (unpaired) electrons. The number of hydrogen-bond acceptors (Lipinski definition) is 2. The van der Waals surface area contributed by atoms with E-state index in [4.69, 9.17) is 5.11 Å². The first-order chi connectivity index (χ1) is 7.58. The van der Waals surface area contributed by atoms with Crippen LogP contribution in [-0.4, -0.2) is 24.0 Å². The molecule has 0 aromatic heterocycles. The Hall–Kier alpha value is -1.49. The Bertz CT molecular complexity index is 338. The van der Waals surface area contributed by atoms with Crippen LogP contribution in [0.1, 0.15) is 11.1 Å². The molecule has 3 nitrogen and oxygen atoms in total. The predicted molar refractivity (Wildman–Crippen MR) is 55.5 cm³/mol. The topological polar surface area (TPSA) is 49.3 Å². The molecule has 16 heavy (non-hydrogen) atoms. The van der Waals surface area contributed by atoms with Gasteiger partial charge in [0.15, 0.2) is 0 Å². The fraction of sp³-hybridized carbons (Fsp3) is 0.364.